The van der Waals surface area contributed by atoms with Gasteiger partial charge in [-0.05, 0) is 43.2 Å². The Kier molecular flexibility index (Phi) is 7.47. The molecule has 0 aliphatic carbocycles. The van der Waals surface area contributed by atoms with Crippen molar-refractivity contribution in [3.05, 3.63) is 82.1 Å². The zero-order valence-electron chi connectivity index (χ0n) is 15.4. The van der Waals surface area contributed by atoms with Crippen LogP contribution < -0.4 is 5.32 Å². The van der Waals surface area contributed by atoms with Crippen molar-refractivity contribution in [3.8, 4) is 0 Å². The van der Waals surface area contributed by atoms with Crippen molar-refractivity contribution < 1.29 is 17.9 Å². The van der Waals surface area contributed by atoms with Crippen LogP contribution in [0.2, 0.25) is 0 Å². The van der Waals surface area contributed by atoms with Gasteiger partial charge >= 0.3 is 0 Å². The second kappa shape index (κ2) is 9.81. The van der Waals surface area contributed by atoms with Crippen LogP contribution in [0.25, 0.3) is 0 Å². The zero-order chi connectivity index (χ0) is 20.6. The molecule has 1 aliphatic rings. The van der Waals surface area contributed by atoms with Gasteiger partial charge in [0.15, 0.2) is 5.82 Å². The summed E-state index contributed by atoms with van der Waals surface area (Å²) >= 11 is 0. The van der Waals surface area contributed by atoms with E-state index in [-0.39, 0.29) is 4.90 Å². The highest BCUT2D eigenvalue weighted by Gasteiger charge is 2.17. The number of nitrogens with zero attached hydrogens (tertiary/aromatic N) is 3. The number of benzene rings is 1. The standard InChI is InChI=1S/C11H14N4O2.C7H8O3S/c16-15(17)9-11-13-4-1-7-14(11)8-10-2-5-12-6-3-10;1-6-2-4-7(5-3-6)11(8,9)10/h2-3,5-6,9,13H,1,4,7-8H2;2-5H,1H3,(H,8,9,10). The third-order valence-electron chi connectivity index (χ3n) is 3.92. The average molecular weight is 406 g/mol. The van der Waals surface area contributed by atoms with Crippen LogP contribution in [0.1, 0.15) is 17.5 Å². The van der Waals surface area contributed by atoms with Gasteiger partial charge in [0.05, 0.1) is 9.82 Å². The summed E-state index contributed by atoms with van der Waals surface area (Å²) in [7, 11) is -4.02. The molecule has 3 rings (SSSR count). The number of pyridine rings is 1. The predicted octanol–water partition coefficient (Wildman–Crippen LogP) is 2.19. The second-order valence-corrected chi connectivity index (χ2v) is 7.57. The van der Waals surface area contributed by atoms with Crippen LogP contribution in [0, 0.1) is 17.0 Å². The number of hydrogen-bond acceptors (Lipinski definition) is 7. The lowest BCUT2D eigenvalue weighted by molar-refractivity contribution is -0.405. The fourth-order valence-electron chi connectivity index (χ4n) is 2.53. The van der Waals surface area contributed by atoms with Gasteiger partial charge in [0.2, 0.25) is 0 Å². The third-order valence-corrected chi connectivity index (χ3v) is 4.79. The van der Waals surface area contributed by atoms with Gasteiger partial charge in [-0.15, -0.1) is 0 Å². The highest BCUT2D eigenvalue weighted by Crippen LogP contribution is 2.13. The molecule has 150 valence electrons. The monoisotopic (exact) mass is 406 g/mol. The van der Waals surface area contributed by atoms with Gasteiger partial charge in [-0.1, -0.05) is 17.7 Å². The molecule has 0 spiro atoms. The summed E-state index contributed by atoms with van der Waals surface area (Å²) in [4.78, 5) is 16.0. The second-order valence-electron chi connectivity index (χ2n) is 6.15. The Morgan fingerprint density at radius 2 is 1.89 bits per heavy atom. The fourth-order valence-corrected chi connectivity index (χ4v) is 3.01. The molecule has 0 radical (unpaired) electrons. The van der Waals surface area contributed by atoms with Crippen molar-refractivity contribution in [2.45, 2.75) is 24.8 Å². The largest absolute Gasteiger partial charge is 0.367 e. The van der Waals surface area contributed by atoms with Crippen LogP contribution in [0.3, 0.4) is 0 Å². The minimum atomic E-state index is -4.02. The molecule has 0 amide bonds. The quantitative estimate of drug-likeness (QED) is 0.450. The van der Waals surface area contributed by atoms with E-state index in [2.05, 4.69) is 10.3 Å². The smallest absolute Gasteiger partial charge is 0.294 e. The van der Waals surface area contributed by atoms with Gasteiger partial charge < -0.3 is 10.2 Å². The molecule has 2 heterocycles. The van der Waals surface area contributed by atoms with Crippen molar-refractivity contribution >= 4 is 10.1 Å². The maximum absolute atomic E-state index is 10.5. The van der Waals surface area contributed by atoms with E-state index >= 15 is 0 Å². The first-order valence-electron chi connectivity index (χ1n) is 8.53. The van der Waals surface area contributed by atoms with Crippen LogP contribution in [-0.2, 0) is 16.7 Å². The lowest BCUT2D eigenvalue weighted by Crippen LogP contribution is -2.39. The molecule has 28 heavy (non-hydrogen) atoms. The number of rotatable bonds is 4. The van der Waals surface area contributed by atoms with E-state index in [0.717, 1.165) is 36.8 Å². The molecule has 2 aromatic rings. The van der Waals surface area contributed by atoms with Crippen molar-refractivity contribution in [3.63, 3.8) is 0 Å². The summed E-state index contributed by atoms with van der Waals surface area (Å²) in [6.07, 6.45) is 5.47. The van der Waals surface area contributed by atoms with E-state index in [1.165, 1.54) is 12.1 Å². The number of nitro groups is 1. The van der Waals surface area contributed by atoms with Gasteiger partial charge in [-0.3, -0.25) is 19.7 Å². The lowest BCUT2D eigenvalue weighted by Gasteiger charge is -2.30. The normalized spacial score (nSPS) is 15.4. The summed E-state index contributed by atoms with van der Waals surface area (Å²) in [5.41, 5.74) is 2.05. The molecule has 0 unspecified atom stereocenters. The Labute approximate surface area is 163 Å². The summed E-state index contributed by atoms with van der Waals surface area (Å²) in [5, 5.41) is 13.6. The van der Waals surface area contributed by atoms with Gasteiger partial charge in [0.1, 0.15) is 0 Å². The number of nitrogens with one attached hydrogen (secondary N) is 1. The van der Waals surface area contributed by atoms with E-state index in [1.807, 2.05) is 24.0 Å². The molecule has 1 aromatic carbocycles. The highest BCUT2D eigenvalue weighted by molar-refractivity contribution is 7.85. The van der Waals surface area contributed by atoms with E-state index in [4.69, 9.17) is 4.55 Å². The summed E-state index contributed by atoms with van der Waals surface area (Å²) < 4.78 is 29.6. The number of hydrogen-bond donors (Lipinski definition) is 2. The van der Waals surface area contributed by atoms with Crippen molar-refractivity contribution in [1.82, 2.24) is 15.2 Å². The van der Waals surface area contributed by atoms with Crippen molar-refractivity contribution in [2.75, 3.05) is 13.1 Å². The molecule has 9 nitrogen and oxygen atoms in total. The number of aryl methyl sites for hydroxylation is 1. The van der Waals surface area contributed by atoms with Crippen LogP contribution in [0.15, 0.2) is 65.7 Å². The van der Waals surface area contributed by atoms with Gasteiger partial charge in [-0.2, -0.15) is 8.42 Å². The topological polar surface area (TPSA) is 126 Å². The van der Waals surface area contributed by atoms with E-state index in [0.29, 0.717) is 12.4 Å². The summed E-state index contributed by atoms with van der Waals surface area (Å²) in [6, 6.07) is 9.82. The molecular weight excluding hydrogens is 384 g/mol. The van der Waals surface area contributed by atoms with Gasteiger partial charge in [0, 0.05) is 32.0 Å². The molecule has 0 atom stereocenters. The minimum Gasteiger partial charge on any atom is -0.367 e. The maximum atomic E-state index is 10.5. The molecule has 0 saturated carbocycles. The van der Waals surface area contributed by atoms with Crippen molar-refractivity contribution in [1.29, 1.82) is 0 Å². The lowest BCUT2D eigenvalue weighted by atomic mass is 10.2. The summed E-state index contributed by atoms with van der Waals surface area (Å²) in [6.45, 7) is 4.12. The van der Waals surface area contributed by atoms with Gasteiger partial charge in [-0.25, -0.2) is 0 Å². The van der Waals surface area contributed by atoms with E-state index < -0.39 is 15.0 Å². The fraction of sp³-hybridized carbons (Fsp3) is 0.278. The Morgan fingerprint density at radius 3 is 2.46 bits per heavy atom. The Hall–Kier alpha value is -2.98. The average Bonchev–Trinajstić information content (AvgIpc) is 2.64. The minimum absolute atomic E-state index is 0.0666. The molecule has 1 aromatic heterocycles. The van der Waals surface area contributed by atoms with E-state index in [1.54, 1.807) is 24.5 Å². The Balaban J connectivity index is 0.000000221. The third kappa shape index (κ3) is 6.97. The first-order chi connectivity index (χ1) is 13.3. The SMILES string of the molecule is Cc1ccc(S(=O)(=O)O)cc1.O=[N+]([O-])C=C1NCCCN1Cc1ccncc1. The molecular formula is C18H22N4O5S. The molecule has 1 aliphatic heterocycles. The van der Waals surface area contributed by atoms with Crippen LogP contribution in [-0.4, -0.2) is 40.9 Å². The molecule has 1 fully saturated rings. The predicted molar refractivity (Wildman–Crippen MR) is 103 cm³/mol. The molecule has 2 N–H and O–H groups in total. The summed E-state index contributed by atoms with van der Waals surface area (Å²) in [5.74, 6) is 0.582. The highest BCUT2D eigenvalue weighted by atomic mass is 32.2. The first-order valence-corrected chi connectivity index (χ1v) is 9.97. The van der Waals surface area contributed by atoms with E-state index in [9.17, 15) is 18.5 Å². The van der Waals surface area contributed by atoms with Crippen LogP contribution >= 0.6 is 0 Å². The number of aromatic nitrogens is 1. The van der Waals surface area contributed by atoms with Crippen LogP contribution in [0.4, 0.5) is 0 Å². The van der Waals surface area contributed by atoms with Crippen molar-refractivity contribution in [2.24, 2.45) is 0 Å². The Bertz CT molecular complexity index is 915. The molecule has 10 heteroatoms. The first kappa shape index (κ1) is 21.3. The molecule has 0 bridgehead atoms. The maximum Gasteiger partial charge on any atom is 0.294 e. The van der Waals surface area contributed by atoms with Gasteiger partial charge in [0.25, 0.3) is 16.3 Å². The van der Waals surface area contributed by atoms with Crippen LogP contribution in [0.5, 0.6) is 0 Å². The molecule has 1 saturated heterocycles. The zero-order valence-corrected chi connectivity index (χ0v) is 16.2. The Morgan fingerprint density at radius 1 is 1.25 bits per heavy atom.